The monoisotopic (exact) mass is 256 g/mol. The average molecular weight is 256 g/mol. The molecule has 0 amide bonds. The van der Waals surface area contributed by atoms with Crippen LogP contribution in [0.1, 0.15) is 29.5 Å². The van der Waals surface area contributed by atoms with Crippen molar-refractivity contribution in [1.82, 2.24) is 0 Å². The molecule has 2 N–H and O–H groups in total. The van der Waals surface area contributed by atoms with Crippen molar-refractivity contribution >= 4 is 0 Å². The number of hydrogen-bond donors (Lipinski definition) is 2. The molecular weight excluding hydrogens is 236 g/mol. The number of benzene rings is 2. The van der Waals surface area contributed by atoms with Crippen LogP contribution in [0.25, 0.3) is 0 Å². The highest BCUT2D eigenvalue weighted by molar-refractivity contribution is 5.35. The molecular formula is C17H20O2. The number of unbranched alkanes of at least 4 members (excludes halogenated alkanes) is 1. The van der Waals surface area contributed by atoms with Gasteiger partial charge < -0.3 is 10.2 Å². The molecule has 2 heteroatoms. The van der Waals surface area contributed by atoms with Gasteiger partial charge in [-0.1, -0.05) is 24.3 Å². The van der Waals surface area contributed by atoms with E-state index in [2.05, 4.69) is 6.07 Å². The van der Waals surface area contributed by atoms with E-state index in [4.69, 9.17) is 0 Å². The SMILES string of the molecule is Cc1cc(CCCCc2ccc(O)cc2)ccc1O. The molecule has 0 aromatic heterocycles. The normalized spacial score (nSPS) is 10.6. The summed E-state index contributed by atoms with van der Waals surface area (Å²) in [4.78, 5) is 0. The maximum Gasteiger partial charge on any atom is 0.118 e. The molecule has 0 saturated carbocycles. The third-order valence-corrected chi connectivity index (χ3v) is 3.38. The van der Waals surface area contributed by atoms with E-state index in [0.717, 1.165) is 31.2 Å². The number of rotatable bonds is 5. The topological polar surface area (TPSA) is 40.5 Å². The summed E-state index contributed by atoms with van der Waals surface area (Å²) in [6, 6.07) is 13.2. The third-order valence-electron chi connectivity index (χ3n) is 3.38. The minimum Gasteiger partial charge on any atom is -0.508 e. The van der Waals surface area contributed by atoms with Crippen LogP contribution in [0, 0.1) is 6.92 Å². The molecule has 0 bridgehead atoms. The van der Waals surface area contributed by atoms with Gasteiger partial charge in [0, 0.05) is 0 Å². The molecule has 0 aliphatic carbocycles. The van der Waals surface area contributed by atoms with Crippen molar-refractivity contribution in [1.29, 1.82) is 0 Å². The fourth-order valence-corrected chi connectivity index (χ4v) is 2.19. The molecule has 0 unspecified atom stereocenters. The molecule has 0 radical (unpaired) electrons. The van der Waals surface area contributed by atoms with Crippen molar-refractivity contribution in [2.45, 2.75) is 32.6 Å². The molecule has 2 nitrogen and oxygen atoms in total. The summed E-state index contributed by atoms with van der Waals surface area (Å²) in [5, 5.41) is 18.7. The molecule has 0 heterocycles. The van der Waals surface area contributed by atoms with Crippen LogP contribution in [-0.2, 0) is 12.8 Å². The van der Waals surface area contributed by atoms with Gasteiger partial charge in [0.25, 0.3) is 0 Å². The summed E-state index contributed by atoms with van der Waals surface area (Å²) in [6.07, 6.45) is 4.34. The first-order valence-corrected chi connectivity index (χ1v) is 6.71. The highest BCUT2D eigenvalue weighted by atomic mass is 16.3. The lowest BCUT2D eigenvalue weighted by Crippen LogP contribution is -1.90. The van der Waals surface area contributed by atoms with E-state index in [9.17, 15) is 10.2 Å². The minimum absolute atomic E-state index is 0.323. The smallest absolute Gasteiger partial charge is 0.118 e. The van der Waals surface area contributed by atoms with Gasteiger partial charge in [0.05, 0.1) is 0 Å². The predicted octanol–water partition coefficient (Wildman–Crippen LogP) is 3.97. The molecule has 0 aliphatic heterocycles. The highest BCUT2D eigenvalue weighted by Crippen LogP contribution is 2.19. The predicted molar refractivity (Wildman–Crippen MR) is 77.6 cm³/mol. The quantitative estimate of drug-likeness (QED) is 0.795. The van der Waals surface area contributed by atoms with Crippen LogP contribution in [0.3, 0.4) is 0 Å². The molecule has 0 atom stereocenters. The second kappa shape index (κ2) is 6.28. The molecule has 2 aromatic rings. The van der Waals surface area contributed by atoms with Gasteiger partial charge in [0.2, 0.25) is 0 Å². The van der Waals surface area contributed by atoms with E-state index in [-0.39, 0.29) is 0 Å². The molecule has 0 saturated heterocycles. The van der Waals surface area contributed by atoms with E-state index in [1.165, 1.54) is 11.1 Å². The summed E-state index contributed by atoms with van der Waals surface area (Å²) in [5.41, 5.74) is 3.48. The van der Waals surface area contributed by atoms with E-state index < -0.39 is 0 Å². The first-order valence-electron chi connectivity index (χ1n) is 6.71. The van der Waals surface area contributed by atoms with Gasteiger partial charge >= 0.3 is 0 Å². The van der Waals surface area contributed by atoms with Crippen LogP contribution in [0.15, 0.2) is 42.5 Å². The lowest BCUT2D eigenvalue weighted by atomic mass is 10.0. The maximum atomic E-state index is 9.47. The number of aryl methyl sites for hydroxylation is 3. The Labute approximate surface area is 114 Å². The zero-order valence-electron chi connectivity index (χ0n) is 11.3. The Hall–Kier alpha value is -1.96. The van der Waals surface area contributed by atoms with E-state index in [0.29, 0.717) is 11.5 Å². The van der Waals surface area contributed by atoms with Gasteiger partial charge in [-0.25, -0.2) is 0 Å². The summed E-state index contributed by atoms with van der Waals surface area (Å²) in [7, 11) is 0. The van der Waals surface area contributed by atoms with Gasteiger partial charge in [-0.3, -0.25) is 0 Å². The number of hydrogen-bond acceptors (Lipinski definition) is 2. The molecule has 19 heavy (non-hydrogen) atoms. The Bertz CT molecular complexity index is 529. The lowest BCUT2D eigenvalue weighted by Gasteiger charge is -2.05. The average Bonchev–Trinajstić information content (AvgIpc) is 2.41. The second-order valence-electron chi connectivity index (χ2n) is 4.99. The Morgan fingerprint density at radius 1 is 0.789 bits per heavy atom. The van der Waals surface area contributed by atoms with Gasteiger partial charge in [0.15, 0.2) is 0 Å². The lowest BCUT2D eigenvalue weighted by molar-refractivity contribution is 0.470. The molecule has 0 fully saturated rings. The Balaban J connectivity index is 1.77. The van der Waals surface area contributed by atoms with E-state index >= 15 is 0 Å². The Morgan fingerprint density at radius 2 is 1.37 bits per heavy atom. The van der Waals surface area contributed by atoms with E-state index in [1.807, 2.05) is 25.1 Å². The van der Waals surface area contributed by atoms with Gasteiger partial charge in [-0.05, 0) is 67.5 Å². The first-order chi connectivity index (χ1) is 9.15. The van der Waals surface area contributed by atoms with Crippen molar-refractivity contribution < 1.29 is 10.2 Å². The summed E-state index contributed by atoms with van der Waals surface area (Å²) < 4.78 is 0. The van der Waals surface area contributed by atoms with Crippen molar-refractivity contribution in [3.8, 4) is 11.5 Å². The van der Waals surface area contributed by atoms with Crippen LogP contribution in [0.4, 0.5) is 0 Å². The largest absolute Gasteiger partial charge is 0.508 e. The standard InChI is InChI=1S/C17H20O2/c1-13-12-15(8-11-17(13)19)5-3-2-4-14-6-9-16(18)10-7-14/h6-12,18-19H,2-5H2,1H3. The minimum atomic E-state index is 0.323. The molecule has 2 rings (SSSR count). The Kier molecular flexibility index (Phi) is 4.45. The maximum absolute atomic E-state index is 9.47. The number of aromatic hydroxyl groups is 2. The van der Waals surface area contributed by atoms with Crippen LogP contribution in [0.2, 0.25) is 0 Å². The fraction of sp³-hybridized carbons (Fsp3) is 0.294. The van der Waals surface area contributed by atoms with Gasteiger partial charge in [-0.15, -0.1) is 0 Å². The zero-order chi connectivity index (χ0) is 13.7. The number of phenols is 2. The fourth-order valence-electron chi connectivity index (χ4n) is 2.19. The summed E-state index contributed by atoms with van der Waals surface area (Å²) in [6.45, 7) is 1.93. The third kappa shape index (κ3) is 4.02. The second-order valence-corrected chi connectivity index (χ2v) is 4.99. The van der Waals surface area contributed by atoms with Crippen molar-refractivity contribution in [2.24, 2.45) is 0 Å². The first kappa shape index (κ1) is 13.5. The van der Waals surface area contributed by atoms with Crippen molar-refractivity contribution in [3.63, 3.8) is 0 Å². The highest BCUT2D eigenvalue weighted by Gasteiger charge is 1.99. The molecule has 2 aromatic carbocycles. The molecule has 0 spiro atoms. The molecule has 0 aliphatic rings. The van der Waals surface area contributed by atoms with Crippen molar-refractivity contribution in [3.05, 3.63) is 59.2 Å². The summed E-state index contributed by atoms with van der Waals surface area (Å²) in [5.74, 6) is 0.691. The van der Waals surface area contributed by atoms with E-state index in [1.54, 1.807) is 18.2 Å². The van der Waals surface area contributed by atoms with Crippen molar-refractivity contribution in [2.75, 3.05) is 0 Å². The van der Waals surface area contributed by atoms with Gasteiger partial charge in [0.1, 0.15) is 11.5 Å². The van der Waals surface area contributed by atoms with Crippen LogP contribution < -0.4 is 0 Å². The Morgan fingerprint density at radius 3 is 2.00 bits per heavy atom. The number of phenolic OH excluding ortho intramolecular Hbond substituents is 2. The van der Waals surface area contributed by atoms with Crippen LogP contribution in [0.5, 0.6) is 11.5 Å². The zero-order valence-corrected chi connectivity index (χ0v) is 11.3. The van der Waals surface area contributed by atoms with Crippen LogP contribution in [-0.4, -0.2) is 10.2 Å². The molecule has 100 valence electrons. The van der Waals surface area contributed by atoms with Gasteiger partial charge in [-0.2, -0.15) is 0 Å². The van der Waals surface area contributed by atoms with Crippen LogP contribution >= 0.6 is 0 Å². The summed E-state index contributed by atoms with van der Waals surface area (Å²) >= 11 is 0.